The highest BCUT2D eigenvalue weighted by atomic mass is 32.2. The third kappa shape index (κ3) is 4.38. The van der Waals surface area contributed by atoms with Gasteiger partial charge in [-0.1, -0.05) is 26.2 Å². The van der Waals surface area contributed by atoms with Gasteiger partial charge in [-0.2, -0.15) is 0 Å². The standard InChI is InChI=1S/C13H21NO2S/c1-3-4-5-6-9-17(15)13-8-7-11(14)10-12(13)16-2/h7-8,10H,3-6,9,14H2,1-2H3. The second-order valence-electron chi connectivity index (χ2n) is 4.02. The summed E-state index contributed by atoms with van der Waals surface area (Å²) in [6, 6.07) is 5.28. The van der Waals surface area contributed by atoms with Crippen LogP contribution in [-0.2, 0) is 10.8 Å². The summed E-state index contributed by atoms with van der Waals surface area (Å²) in [6.45, 7) is 2.17. The summed E-state index contributed by atoms with van der Waals surface area (Å²) in [7, 11) is 0.589. The smallest absolute Gasteiger partial charge is 0.137 e. The number of anilines is 1. The number of methoxy groups -OCH3 is 1. The largest absolute Gasteiger partial charge is 0.495 e. The Morgan fingerprint density at radius 1 is 1.29 bits per heavy atom. The average molecular weight is 255 g/mol. The van der Waals surface area contributed by atoms with Crippen LogP contribution >= 0.6 is 0 Å². The van der Waals surface area contributed by atoms with Crippen molar-refractivity contribution in [3.8, 4) is 5.75 Å². The molecule has 1 rings (SSSR count). The molecule has 1 aromatic carbocycles. The lowest BCUT2D eigenvalue weighted by molar-refractivity contribution is 0.404. The average Bonchev–Trinajstić information content (AvgIpc) is 2.34. The van der Waals surface area contributed by atoms with Gasteiger partial charge in [-0.3, -0.25) is 4.21 Å². The van der Waals surface area contributed by atoms with Crippen LogP contribution in [0.25, 0.3) is 0 Å². The zero-order valence-corrected chi connectivity index (χ0v) is 11.4. The molecule has 2 N–H and O–H groups in total. The predicted molar refractivity (Wildman–Crippen MR) is 72.8 cm³/mol. The van der Waals surface area contributed by atoms with Gasteiger partial charge < -0.3 is 10.5 Å². The van der Waals surface area contributed by atoms with E-state index in [0.29, 0.717) is 17.2 Å². The Morgan fingerprint density at radius 2 is 2.06 bits per heavy atom. The number of ether oxygens (including phenoxy) is 1. The Morgan fingerprint density at radius 3 is 2.71 bits per heavy atom. The van der Waals surface area contributed by atoms with E-state index in [-0.39, 0.29) is 0 Å². The van der Waals surface area contributed by atoms with Crippen molar-refractivity contribution in [2.75, 3.05) is 18.6 Å². The fourth-order valence-corrected chi connectivity index (χ4v) is 2.91. The first kappa shape index (κ1) is 14.0. The summed E-state index contributed by atoms with van der Waals surface area (Å²) in [6.07, 6.45) is 4.53. The van der Waals surface area contributed by atoms with E-state index in [2.05, 4.69) is 6.92 Å². The van der Waals surface area contributed by atoms with E-state index in [0.717, 1.165) is 17.7 Å². The lowest BCUT2D eigenvalue weighted by Crippen LogP contribution is -2.01. The predicted octanol–water partition coefficient (Wildman–Crippen LogP) is 2.97. The Kier molecular flexibility index (Phi) is 6.05. The minimum Gasteiger partial charge on any atom is -0.495 e. The fourth-order valence-electron chi connectivity index (χ4n) is 1.64. The molecular weight excluding hydrogens is 234 g/mol. The highest BCUT2D eigenvalue weighted by Gasteiger charge is 2.10. The van der Waals surface area contributed by atoms with E-state index in [1.165, 1.54) is 12.8 Å². The van der Waals surface area contributed by atoms with Gasteiger partial charge in [-0.15, -0.1) is 0 Å². The van der Waals surface area contributed by atoms with Crippen LogP contribution in [0, 0.1) is 0 Å². The normalized spacial score (nSPS) is 12.4. The summed E-state index contributed by atoms with van der Waals surface area (Å²) >= 11 is 0. The van der Waals surface area contributed by atoms with Crippen LogP contribution in [0.5, 0.6) is 5.75 Å². The van der Waals surface area contributed by atoms with E-state index >= 15 is 0 Å². The fraction of sp³-hybridized carbons (Fsp3) is 0.538. The van der Waals surface area contributed by atoms with E-state index < -0.39 is 10.8 Å². The van der Waals surface area contributed by atoms with Crippen LogP contribution in [0.3, 0.4) is 0 Å². The number of rotatable bonds is 7. The molecule has 0 aromatic heterocycles. The summed E-state index contributed by atoms with van der Waals surface area (Å²) in [4.78, 5) is 0.748. The second-order valence-corrected chi connectivity index (χ2v) is 5.56. The number of hydrogen-bond acceptors (Lipinski definition) is 3. The number of unbranched alkanes of at least 4 members (excludes halogenated alkanes) is 3. The molecule has 0 aliphatic carbocycles. The number of benzene rings is 1. The van der Waals surface area contributed by atoms with Gasteiger partial charge in [0.1, 0.15) is 5.75 Å². The van der Waals surface area contributed by atoms with Gasteiger partial charge in [0.25, 0.3) is 0 Å². The molecule has 0 aliphatic heterocycles. The number of nitrogens with two attached hydrogens (primary N) is 1. The van der Waals surface area contributed by atoms with Crippen LogP contribution in [0.4, 0.5) is 5.69 Å². The second kappa shape index (κ2) is 7.33. The lowest BCUT2D eigenvalue weighted by Gasteiger charge is -2.09. The van der Waals surface area contributed by atoms with Crippen molar-refractivity contribution in [2.45, 2.75) is 37.5 Å². The van der Waals surface area contributed by atoms with Crippen molar-refractivity contribution < 1.29 is 8.95 Å². The maximum absolute atomic E-state index is 12.1. The van der Waals surface area contributed by atoms with Gasteiger partial charge in [-0.25, -0.2) is 0 Å². The summed E-state index contributed by atoms with van der Waals surface area (Å²) in [5, 5.41) is 0. The first-order valence-corrected chi connectivity index (χ1v) is 7.32. The Bertz CT molecular complexity index is 380. The van der Waals surface area contributed by atoms with Gasteiger partial charge in [-0.05, 0) is 18.6 Å². The van der Waals surface area contributed by atoms with Crippen molar-refractivity contribution >= 4 is 16.5 Å². The van der Waals surface area contributed by atoms with E-state index in [4.69, 9.17) is 10.5 Å². The first-order chi connectivity index (χ1) is 8.19. The summed E-state index contributed by atoms with van der Waals surface area (Å²) < 4.78 is 17.3. The Balaban J connectivity index is 2.62. The van der Waals surface area contributed by atoms with Crippen molar-refractivity contribution in [2.24, 2.45) is 0 Å². The SMILES string of the molecule is CCCCCCS(=O)c1ccc(N)cc1OC. The molecule has 0 fully saturated rings. The van der Waals surface area contributed by atoms with Gasteiger partial charge in [0.15, 0.2) is 0 Å². The molecule has 0 bridgehead atoms. The molecule has 0 spiro atoms. The molecule has 1 unspecified atom stereocenters. The zero-order chi connectivity index (χ0) is 12.7. The van der Waals surface area contributed by atoms with Crippen molar-refractivity contribution in [3.05, 3.63) is 18.2 Å². The van der Waals surface area contributed by atoms with Gasteiger partial charge in [0.05, 0.1) is 22.8 Å². The molecular formula is C13H21NO2S. The van der Waals surface area contributed by atoms with Crippen LogP contribution in [0.1, 0.15) is 32.6 Å². The van der Waals surface area contributed by atoms with Gasteiger partial charge in [0.2, 0.25) is 0 Å². The third-order valence-electron chi connectivity index (χ3n) is 2.62. The minimum atomic E-state index is -0.987. The summed E-state index contributed by atoms with van der Waals surface area (Å²) in [5.74, 6) is 1.32. The van der Waals surface area contributed by atoms with Crippen molar-refractivity contribution in [1.82, 2.24) is 0 Å². The van der Waals surface area contributed by atoms with Crippen molar-refractivity contribution in [3.63, 3.8) is 0 Å². The van der Waals surface area contributed by atoms with Crippen LogP contribution in [-0.4, -0.2) is 17.1 Å². The molecule has 17 heavy (non-hydrogen) atoms. The number of nitrogen functional groups attached to an aromatic ring is 1. The maximum atomic E-state index is 12.1. The Labute approximate surface area is 106 Å². The molecule has 0 heterocycles. The first-order valence-electron chi connectivity index (χ1n) is 6.01. The third-order valence-corrected chi connectivity index (χ3v) is 4.10. The lowest BCUT2D eigenvalue weighted by atomic mass is 10.2. The molecule has 1 aromatic rings. The molecule has 0 saturated heterocycles. The molecule has 0 radical (unpaired) electrons. The quantitative estimate of drug-likeness (QED) is 0.602. The highest BCUT2D eigenvalue weighted by molar-refractivity contribution is 7.85. The molecule has 0 saturated carbocycles. The summed E-state index contributed by atoms with van der Waals surface area (Å²) in [5.41, 5.74) is 6.30. The molecule has 0 amide bonds. The zero-order valence-electron chi connectivity index (χ0n) is 10.6. The highest BCUT2D eigenvalue weighted by Crippen LogP contribution is 2.25. The Hall–Kier alpha value is -1.03. The number of hydrogen-bond donors (Lipinski definition) is 1. The van der Waals surface area contributed by atoms with E-state index in [1.807, 2.05) is 0 Å². The van der Waals surface area contributed by atoms with E-state index in [1.54, 1.807) is 25.3 Å². The van der Waals surface area contributed by atoms with Crippen LogP contribution < -0.4 is 10.5 Å². The monoisotopic (exact) mass is 255 g/mol. The molecule has 4 heteroatoms. The molecule has 3 nitrogen and oxygen atoms in total. The van der Waals surface area contributed by atoms with E-state index in [9.17, 15) is 4.21 Å². The molecule has 0 aliphatic rings. The van der Waals surface area contributed by atoms with Gasteiger partial charge in [0, 0.05) is 17.5 Å². The molecule has 1 atom stereocenters. The minimum absolute atomic E-state index is 0.624. The maximum Gasteiger partial charge on any atom is 0.137 e. The van der Waals surface area contributed by atoms with Crippen LogP contribution in [0.2, 0.25) is 0 Å². The van der Waals surface area contributed by atoms with Crippen molar-refractivity contribution in [1.29, 1.82) is 0 Å². The topological polar surface area (TPSA) is 52.3 Å². The van der Waals surface area contributed by atoms with Crippen LogP contribution in [0.15, 0.2) is 23.1 Å². The van der Waals surface area contributed by atoms with Gasteiger partial charge >= 0.3 is 0 Å². The molecule has 96 valence electrons.